The summed E-state index contributed by atoms with van der Waals surface area (Å²) in [4.78, 5) is 10.1. The zero-order valence-corrected chi connectivity index (χ0v) is 10.4. The number of allylic oxidation sites excluding steroid dienone is 1. The molecule has 96 valence electrons. The molecule has 2 heterocycles. The number of hydrogen-bond acceptors (Lipinski definition) is 7. The predicted molar refractivity (Wildman–Crippen MR) is 66.8 cm³/mol. The fraction of sp³-hybridized carbons (Fsp3) is 0.250. The van der Waals surface area contributed by atoms with E-state index in [4.69, 9.17) is 5.73 Å². The van der Waals surface area contributed by atoms with E-state index in [9.17, 15) is 8.42 Å². The third-order valence-electron chi connectivity index (χ3n) is 2.06. The van der Waals surface area contributed by atoms with Gasteiger partial charge in [0.1, 0.15) is 12.8 Å². The SMILES string of the molecule is CO/N=C\C1=CN(C)C2=NS(=O)(=O)N=C(N)C2=N1. The Balaban J connectivity index is 2.48. The molecule has 0 aromatic rings. The van der Waals surface area contributed by atoms with E-state index in [-0.39, 0.29) is 17.4 Å². The number of amidine groups is 2. The molecule has 2 aliphatic heterocycles. The van der Waals surface area contributed by atoms with E-state index in [1.54, 1.807) is 13.2 Å². The van der Waals surface area contributed by atoms with Gasteiger partial charge in [-0.2, -0.15) is 8.42 Å². The van der Waals surface area contributed by atoms with E-state index in [0.717, 1.165) is 0 Å². The molecule has 0 atom stereocenters. The average molecular weight is 270 g/mol. The Kier molecular flexibility index (Phi) is 2.87. The molecule has 0 aliphatic carbocycles. The Morgan fingerprint density at radius 1 is 1.50 bits per heavy atom. The molecule has 2 aliphatic rings. The van der Waals surface area contributed by atoms with Gasteiger partial charge >= 0.3 is 10.2 Å². The van der Waals surface area contributed by atoms with Crippen LogP contribution in [0.3, 0.4) is 0 Å². The maximum absolute atomic E-state index is 11.3. The highest BCUT2D eigenvalue weighted by molar-refractivity contribution is 7.89. The second-order valence-corrected chi connectivity index (χ2v) is 4.64. The summed E-state index contributed by atoms with van der Waals surface area (Å²) in [5.41, 5.74) is 6.17. The predicted octanol–water partition coefficient (Wildman–Crippen LogP) is -1.14. The Labute approximate surface area is 103 Å². The normalized spacial score (nSPS) is 21.8. The molecule has 0 aromatic carbocycles. The number of aliphatic imine (C=N–C) groups is 1. The van der Waals surface area contributed by atoms with Gasteiger partial charge in [0, 0.05) is 13.2 Å². The monoisotopic (exact) mass is 270 g/mol. The van der Waals surface area contributed by atoms with Crippen LogP contribution in [0.25, 0.3) is 0 Å². The summed E-state index contributed by atoms with van der Waals surface area (Å²) in [6.07, 6.45) is 2.90. The number of hydrogen-bond donors (Lipinski definition) is 1. The first-order valence-electron chi connectivity index (χ1n) is 4.74. The van der Waals surface area contributed by atoms with Crippen LogP contribution in [0.15, 0.2) is 30.8 Å². The largest absolute Gasteiger partial charge is 0.399 e. The van der Waals surface area contributed by atoms with Crippen LogP contribution in [-0.2, 0) is 15.0 Å². The number of oxime groups is 1. The fourth-order valence-corrected chi connectivity index (χ4v) is 2.19. The molecule has 0 saturated carbocycles. The van der Waals surface area contributed by atoms with Gasteiger partial charge < -0.3 is 15.5 Å². The number of rotatable bonds is 2. The lowest BCUT2D eigenvalue weighted by Crippen LogP contribution is -2.44. The molecule has 2 N–H and O–H groups in total. The van der Waals surface area contributed by atoms with Crippen LogP contribution in [0.4, 0.5) is 0 Å². The van der Waals surface area contributed by atoms with Gasteiger partial charge in [-0.1, -0.05) is 5.16 Å². The zero-order valence-electron chi connectivity index (χ0n) is 9.60. The molecular formula is C8H10N6O3S. The summed E-state index contributed by atoms with van der Waals surface area (Å²) < 4.78 is 29.4. The average Bonchev–Trinajstić information content (AvgIpc) is 2.27. The minimum absolute atomic E-state index is 0.122. The molecule has 0 unspecified atom stereocenters. The van der Waals surface area contributed by atoms with Crippen molar-refractivity contribution in [3.63, 3.8) is 0 Å². The second kappa shape index (κ2) is 4.22. The third kappa shape index (κ3) is 2.22. The van der Waals surface area contributed by atoms with Crippen molar-refractivity contribution in [3.05, 3.63) is 11.9 Å². The molecule has 0 amide bonds. The summed E-state index contributed by atoms with van der Waals surface area (Å²) in [7, 11) is -0.920. The summed E-state index contributed by atoms with van der Waals surface area (Å²) in [6, 6.07) is 0. The molecule has 0 aromatic heterocycles. The minimum atomic E-state index is -3.93. The molecule has 10 heteroatoms. The molecular weight excluding hydrogens is 260 g/mol. The van der Waals surface area contributed by atoms with Crippen molar-refractivity contribution < 1.29 is 13.3 Å². The summed E-state index contributed by atoms with van der Waals surface area (Å²) in [5.74, 6) is -0.0830. The van der Waals surface area contributed by atoms with Gasteiger partial charge in [-0.3, -0.25) is 0 Å². The minimum Gasteiger partial charge on any atom is -0.399 e. The maximum Gasteiger partial charge on any atom is 0.367 e. The van der Waals surface area contributed by atoms with Crippen LogP contribution in [0.5, 0.6) is 0 Å². The molecule has 9 nitrogen and oxygen atoms in total. The van der Waals surface area contributed by atoms with Gasteiger partial charge in [0.05, 0.1) is 6.21 Å². The van der Waals surface area contributed by atoms with E-state index in [0.29, 0.717) is 5.70 Å². The van der Waals surface area contributed by atoms with Gasteiger partial charge in [0.2, 0.25) is 0 Å². The first-order valence-corrected chi connectivity index (χ1v) is 6.13. The van der Waals surface area contributed by atoms with Crippen molar-refractivity contribution in [2.24, 2.45) is 24.7 Å². The Hall–Kier alpha value is -2.23. The van der Waals surface area contributed by atoms with E-state index in [1.165, 1.54) is 18.2 Å². The van der Waals surface area contributed by atoms with E-state index >= 15 is 0 Å². The van der Waals surface area contributed by atoms with E-state index < -0.39 is 10.2 Å². The molecule has 0 fully saturated rings. The van der Waals surface area contributed by atoms with Crippen molar-refractivity contribution in [3.8, 4) is 0 Å². The van der Waals surface area contributed by atoms with Crippen molar-refractivity contribution in [2.45, 2.75) is 0 Å². The van der Waals surface area contributed by atoms with Crippen molar-refractivity contribution >= 4 is 33.8 Å². The van der Waals surface area contributed by atoms with Gasteiger partial charge in [-0.05, 0) is 0 Å². The number of nitrogens with zero attached hydrogens (tertiary/aromatic N) is 5. The lowest BCUT2D eigenvalue weighted by Gasteiger charge is -2.24. The lowest BCUT2D eigenvalue weighted by atomic mass is 10.2. The molecule has 0 radical (unpaired) electrons. The summed E-state index contributed by atoms with van der Waals surface area (Å²) >= 11 is 0. The van der Waals surface area contributed by atoms with Crippen LogP contribution < -0.4 is 5.73 Å². The third-order valence-corrected chi connectivity index (χ3v) is 2.89. The highest BCUT2D eigenvalue weighted by Gasteiger charge is 2.29. The maximum atomic E-state index is 11.3. The van der Waals surface area contributed by atoms with Crippen molar-refractivity contribution in [1.82, 2.24) is 4.90 Å². The smallest absolute Gasteiger partial charge is 0.367 e. The molecule has 18 heavy (non-hydrogen) atoms. The highest BCUT2D eigenvalue weighted by atomic mass is 32.2. The van der Waals surface area contributed by atoms with Crippen molar-refractivity contribution in [1.29, 1.82) is 0 Å². The molecule has 0 saturated heterocycles. The van der Waals surface area contributed by atoms with Crippen LogP contribution in [0.1, 0.15) is 0 Å². The second-order valence-electron chi connectivity index (χ2n) is 3.38. The van der Waals surface area contributed by atoms with Gasteiger partial charge in [-0.25, -0.2) is 4.99 Å². The first-order chi connectivity index (χ1) is 8.43. The standard InChI is InChI=1S/C8H10N6O3S/c1-14-4-5(3-10-17-2)11-6-7(9)12-18(15,16)13-8(6)14/h3-4H,1-2H3,(H2,9,12)/b10-3-. The molecule has 0 bridgehead atoms. The fourth-order valence-electron chi connectivity index (χ4n) is 1.38. The summed E-state index contributed by atoms with van der Waals surface area (Å²) in [5, 5.41) is 3.56. The topological polar surface area (TPSA) is 122 Å². The Bertz CT molecular complexity index is 627. The van der Waals surface area contributed by atoms with Crippen LogP contribution in [-0.4, -0.2) is 51.1 Å². The first kappa shape index (κ1) is 12.2. The van der Waals surface area contributed by atoms with Crippen LogP contribution in [0, 0.1) is 0 Å². The Morgan fingerprint density at radius 3 is 2.89 bits per heavy atom. The lowest BCUT2D eigenvalue weighted by molar-refractivity contribution is 0.215. The zero-order chi connectivity index (χ0) is 13.3. The van der Waals surface area contributed by atoms with Crippen LogP contribution in [0.2, 0.25) is 0 Å². The quantitative estimate of drug-likeness (QED) is 0.502. The summed E-state index contributed by atoms with van der Waals surface area (Å²) in [6.45, 7) is 0. The Morgan fingerprint density at radius 2 is 2.22 bits per heavy atom. The molecule has 0 spiro atoms. The number of nitrogens with two attached hydrogens (primary N) is 1. The van der Waals surface area contributed by atoms with Crippen LogP contribution >= 0.6 is 0 Å². The van der Waals surface area contributed by atoms with Gasteiger partial charge in [0.15, 0.2) is 17.4 Å². The number of fused-ring (bicyclic) bond motifs is 1. The molecule has 2 rings (SSSR count). The van der Waals surface area contributed by atoms with E-state index in [1.807, 2.05) is 0 Å². The van der Waals surface area contributed by atoms with Gasteiger partial charge in [-0.15, -0.1) is 8.80 Å². The highest BCUT2D eigenvalue weighted by Crippen LogP contribution is 2.14. The van der Waals surface area contributed by atoms with Gasteiger partial charge in [0.25, 0.3) is 0 Å². The van der Waals surface area contributed by atoms with E-state index in [2.05, 4.69) is 23.8 Å². The van der Waals surface area contributed by atoms with Crippen molar-refractivity contribution in [2.75, 3.05) is 14.2 Å².